The van der Waals surface area contributed by atoms with Crippen LogP contribution in [-0.4, -0.2) is 16.2 Å². The van der Waals surface area contributed by atoms with Gasteiger partial charge < -0.3 is 14.7 Å². The number of aromatic nitrogens is 2. The third-order valence-electron chi connectivity index (χ3n) is 2.78. The zero-order chi connectivity index (χ0) is 12.8. The van der Waals surface area contributed by atoms with E-state index in [1.165, 1.54) is 0 Å². The molecule has 2 aromatic heterocycles. The van der Waals surface area contributed by atoms with Crippen molar-refractivity contribution in [3.63, 3.8) is 0 Å². The number of thioether (sulfide) groups is 1. The first kappa shape index (κ1) is 13.2. The zero-order valence-electron chi connectivity index (χ0n) is 10.8. The molecule has 18 heavy (non-hydrogen) atoms. The third kappa shape index (κ3) is 3.40. The molecule has 5 heteroatoms. The maximum absolute atomic E-state index is 5.72. The standard InChI is InChI=1S/C13H19N3OS/c1-3-12(13-14-6-7-15-13)16-8-10-4-5-11(17-10)9-18-2/h4-7,12,16H,3,8-9H2,1-2H3,(H,14,15). The molecule has 0 aliphatic rings. The van der Waals surface area contributed by atoms with Crippen molar-refractivity contribution in [2.45, 2.75) is 31.7 Å². The van der Waals surface area contributed by atoms with Crippen LogP contribution >= 0.6 is 11.8 Å². The second-order valence-corrected chi connectivity index (χ2v) is 4.98. The van der Waals surface area contributed by atoms with Crippen LogP contribution in [0, 0.1) is 0 Å². The molecule has 4 nitrogen and oxygen atoms in total. The van der Waals surface area contributed by atoms with Gasteiger partial charge in [-0.25, -0.2) is 4.98 Å². The molecular formula is C13H19N3OS. The van der Waals surface area contributed by atoms with Crippen LogP contribution in [0.4, 0.5) is 0 Å². The molecule has 0 bridgehead atoms. The highest BCUT2D eigenvalue weighted by atomic mass is 32.2. The van der Waals surface area contributed by atoms with Crippen molar-refractivity contribution < 1.29 is 4.42 Å². The molecule has 0 radical (unpaired) electrons. The summed E-state index contributed by atoms with van der Waals surface area (Å²) in [7, 11) is 0. The summed E-state index contributed by atoms with van der Waals surface area (Å²) in [5.74, 6) is 3.91. The molecule has 0 aliphatic heterocycles. The third-order valence-corrected chi connectivity index (χ3v) is 3.36. The van der Waals surface area contributed by atoms with Gasteiger partial charge in [-0.05, 0) is 24.8 Å². The Morgan fingerprint density at radius 3 is 2.94 bits per heavy atom. The molecule has 0 aromatic carbocycles. The van der Waals surface area contributed by atoms with E-state index in [4.69, 9.17) is 4.42 Å². The number of imidazole rings is 1. The average Bonchev–Trinajstić information content (AvgIpc) is 3.02. The quantitative estimate of drug-likeness (QED) is 0.807. The number of H-pyrrole nitrogens is 1. The molecule has 2 N–H and O–H groups in total. The molecule has 0 spiro atoms. The van der Waals surface area contributed by atoms with E-state index >= 15 is 0 Å². The van der Waals surface area contributed by atoms with Gasteiger partial charge in [-0.2, -0.15) is 11.8 Å². The maximum atomic E-state index is 5.72. The van der Waals surface area contributed by atoms with Gasteiger partial charge in [0.2, 0.25) is 0 Å². The summed E-state index contributed by atoms with van der Waals surface area (Å²) in [5.41, 5.74) is 0. The van der Waals surface area contributed by atoms with Gasteiger partial charge in [0.05, 0.1) is 18.3 Å². The number of hydrogen-bond acceptors (Lipinski definition) is 4. The Balaban J connectivity index is 1.89. The fourth-order valence-corrected chi connectivity index (χ4v) is 2.30. The lowest BCUT2D eigenvalue weighted by molar-refractivity contribution is 0.422. The summed E-state index contributed by atoms with van der Waals surface area (Å²) in [6.45, 7) is 2.87. The summed E-state index contributed by atoms with van der Waals surface area (Å²) in [6.07, 6.45) is 6.70. The monoisotopic (exact) mass is 265 g/mol. The van der Waals surface area contributed by atoms with Crippen LogP contribution < -0.4 is 5.32 Å². The first-order chi connectivity index (χ1) is 8.83. The summed E-state index contributed by atoms with van der Waals surface area (Å²) in [5, 5.41) is 3.45. The van der Waals surface area contributed by atoms with Crippen molar-refractivity contribution in [3.8, 4) is 0 Å². The number of nitrogens with zero attached hydrogens (tertiary/aromatic N) is 1. The largest absolute Gasteiger partial charge is 0.464 e. The normalized spacial score (nSPS) is 12.8. The van der Waals surface area contributed by atoms with Crippen LogP contribution in [0.2, 0.25) is 0 Å². The molecule has 0 saturated heterocycles. The number of nitrogens with one attached hydrogen (secondary N) is 2. The smallest absolute Gasteiger partial charge is 0.123 e. The lowest BCUT2D eigenvalue weighted by atomic mass is 10.2. The Morgan fingerprint density at radius 1 is 1.44 bits per heavy atom. The van der Waals surface area contributed by atoms with Crippen molar-refractivity contribution in [2.24, 2.45) is 0 Å². The van der Waals surface area contributed by atoms with E-state index in [0.29, 0.717) is 0 Å². The van der Waals surface area contributed by atoms with E-state index < -0.39 is 0 Å². The van der Waals surface area contributed by atoms with Crippen molar-refractivity contribution in [1.82, 2.24) is 15.3 Å². The Morgan fingerprint density at radius 2 is 2.28 bits per heavy atom. The Labute approximate surface area is 112 Å². The fraction of sp³-hybridized carbons (Fsp3) is 0.462. The van der Waals surface area contributed by atoms with Gasteiger partial charge >= 0.3 is 0 Å². The lowest BCUT2D eigenvalue weighted by Crippen LogP contribution is -2.21. The van der Waals surface area contributed by atoms with Gasteiger partial charge in [-0.1, -0.05) is 6.92 Å². The highest BCUT2D eigenvalue weighted by molar-refractivity contribution is 7.97. The summed E-state index contributed by atoms with van der Waals surface area (Å²) >= 11 is 1.77. The summed E-state index contributed by atoms with van der Waals surface area (Å²) in [4.78, 5) is 7.42. The molecule has 98 valence electrons. The second kappa shape index (κ2) is 6.66. The number of rotatable bonds is 7. The van der Waals surface area contributed by atoms with Crippen molar-refractivity contribution >= 4 is 11.8 Å². The maximum Gasteiger partial charge on any atom is 0.123 e. The summed E-state index contributed by atoms with van der Waals surface area (Å²) in [6, 6.07) is 4.32. The molecule has 0 saturated carbocycles. The number of hydrogen-bond donors (Lipinski definition) is 2. The summed E-state index contributed by atoms with van der Waals surface area (Å²) < 4.78 is 5.72. The lowest BCUT2D eigenvalue weighted by Gasteiger charge is -2.13. The second-order valence-electron chi connectivity index (χ2n) is 4.12. The average molecular weight is 265 g/mol. The molecule has 2 rings (SSSR count). The van der Waals surface area contributed by atoms with Crippen LogP contribution in [0.25, 0.3) is 0 Å². The minimum Gasteiger partial charge on any atom is -0.464 e. The Kier molecular flexibility index (Phi) is 4.90. The van der Waals surface area contributed by atoms with Gasteiger partial charge in [-0.3, -0.25) is 0 Å². The molecule has 0 fully saturated rings. The highest BCUT2D eigenvalue weighted by Crippen LogP contribution is 2.16. The minimum absolute atomic E-state index is 0.245. The van der Waals surface area contributed by atoms with E-state index in [1.807, 2.05) is 18.3 Å². The minimum atomic E-state index is 0.245. The van der Waals surface area contributed by atoms with Crippen molar-refractivity contribution in [1.29, 1.82) is 0 Å². The molecule has 1 unspecified atom stereocenters. The van der Waals surface area contributed by atoms with Crippen molar-refractivity contribution in [2.75, 3.05) is 6.26 Å². The van der Waals surface area contributed by atoms with Gasteiger partial charge in [0, 0.05) is 12.4 Å². The molecule has 0 amide bonds. The predicted molar refractivity (Wildman–Crippen MR) is 74.4 cm³/mol. The van der Waals surface area contributed by atoms with Crippen molar-refractivity contribution in [3.05, 3.63) is 41.9 Å². The van der Waals surface area contributed by atoms with Crippen LogP contribution in [0.15, 0.2) is 28.9 Å². The van der Waals surface area contributed by atoms with Gasteiger partial charge in [0.1, 0.15) is 17.3 Å². The SMILES string of the molecule is CCC(NCc1ccc(CSC)o1)c1ncc[nH]1. The first-order valence-corrected chi connectivity index (χ1v) is 7.52. The van der Waals surface area contributed by atoms with E-state index in [0.717, 1.165) is 36.1 Å². The van der Waals surface area contributed by atoms with Crippen LogP contribution in [0.5, 0.6) is 0 Å². The molecular weight excluding hydrogens is 246 g/mol. The van der Waals surface area contributed by atoms with E-state index in [2.05, 4.69) is 28.5 Å². The molecule has 2 aromatic rings. The highest BCUT2D eigenvalue weighted by Gasteiger charge is 2.11. The molecule has 0 aliphatic carbocycles. The predicted octanol–water partition coefficient (Wildman–Crippen LogP) is 3.11. The van der Waals surface area contributed by atoms with E-state index in [9.17, 15) is 0 Å². The van der Waals surface area contributed by atoms with Crippen LogP contribution in [0.1, 0.15) is 36.7 Å². The topological polar surface area (TPSA) is 53.9 Å². The number of furan rings is 1. The number of aromatic amines is 1. The van der Waals surface area contributed by atoms with Gasteiger partial charge in [0.25, 0.3) is 0 Å². The first-order valence-electron chi connectivity index (χ1n) is 6.12. The van der Waals surface area contributed by atoms with Crippen LogP contribution in [0.3, 0.4) is 0 Å². The fourth-order valence-electron chi connectivity index (χ4n) is 1.86. The Bertz CT molecular complexity index is 453. The molecule has 2 heterocycles. The Hall–Kier alpha value is -1.20. The van der Waals surface area contributed by atoms with Gasteiger partial charge in [0.15, 0.2) is 0 Å². The van der Waals surface area contributed by atoms with E-state index in [1.54, 1.807) is 18.0 Å². The zero-order valence-corrected chi connectivity index (χ0v) is 11.6. The molecule has 1 atom stereocenters. The van der Waals surface area contributed by atoms with Crippen LogP contribution in [-0.2, 0) is 12.3 Å². The van der Waals surface area contributed by atoms with E-state index in [-0.39, 0.29) is 6.04 Å². The van der Waals surface area contributed by atoms with Gasteiger partial charge in [-0.15, -0.1) is 0 Å².